The number of carbonyl (C=O) groups is 2. The van der Waals surface area contributed by atoms with Crippen LogP contribution in [0.25, 0.3) is 6.08 Å². The molecular formula is C22H25N3O4. The van der Waals surface area contributed by atoms with Gasteiger partial charge in [-0.2, -0.15) is 0 Å². The van der Waals surface area contributed by atoms with Crippen molar-refractivity contribution in [2.75, 3.05) is 6.54 Å². The van der Waals surface area contributed by atoms with E-state index < -0.39 is 11.6 Å². The lowest BCUT2D eigenvalue weighted by molar-refractivity contribution is -0.148. The van der Waals surface area contributed by atoms with Crippen molar-refractivity contribution in [2.24, 2.45) is 0 Å². The second-order valence-electron chi connectivity index (χ2n) is 7.78. The summed E-state index contributed by atoms with van der Waals surface area (Å²) in [6, 6.07) is 9.57. The van der Waals surface area contributed by atoms with E-state index >= 15 is 0 Å². The number of fused-ring (bicyclic) bond motifs is 1. The standard InChI is InChI=1S/C22H25N3O4/c1-22(2,3)29-20(26)10-9-19-23-13-17-14-25(12-11-18(17)24-19)21(27)28-15-16-7-5-4-6-8-16/h4-10,13H,11-12,14-15H2,1-3H3/b10-9+. The highest BCUT2D eigenvalue weighted by Crippen LogP contribution is 2.18. The van der Waals surface area contributed by atoms with Gasteiger partial charge in [0, 0.05) is 30.8 Å². The molecule has 0 fully saturated rings. The minimum atomic E-state index is -0.545. The molecule has 0 N–H and O–H groups in total. The van der Waals surface area contributed by atoms with Crippen LogP contribution < -0.4 is 0 Å². The minimum Gasteiger partial charge on any atom is -0.457 e. The number of carbonyl (C=O) groups excluding carboxylic acids is 2. The fourth-order valence-corrected chi connectivity index (χ4v) is 2.86. The van der Waals surface area contributed by atoms with Crippen molar-refractivity contribution in [1.29, 1.82) is 0 Å². The minimum absolute atomic E-state index is 0.244. The van der Waals surface area contributed by atoms with Crippen LogP contribution in [0.4, 0.5) is 4.79 Å². The van der Waals surface area contributed by atoms with Gasteiger partial charge in [0.2, 0.25) is 0 Å². The van der Waals surface area contributed by atoms with Gasteiger partial charge in [0.1, 0.15) is 12.2 Å². The summed E-state index contributed by atoms with van der Waals surface area (Å²) in [5, 5.41) is 0. The molecule has 2 heterocycles. The third kappa shape index (κ3) is 6.14. The van der Waals surface area contributed by atoms with Crippen LogP contribution in [0.15, 0.2) is 42.6 Å². The fourth-order valence-electron chi connectivity index (χ4n) is 2.86. The van der Waals surface area contributed by atoms with Crippen LogP contribution in [0, 0.1) is 0 Å². The van der Waals surface area contributed by atoms with Crippen LogP contribution in [0.1, 0.15) is 43.4 Å². The number of hydrogen-bond donors (Lipinski definition) is 0. The zero-order valence-electron chi connectivity index (χ0n) is 16.9. The number of benzene rings is 1. The highest BCUT2D eigenvalue weighted by Gasteiger charge is 2.23. The van der Waals surface area contributed by atoms with E-state index in [9.17, 15) is 9.59 Å². The summed E-state index contributed by atoms with van der Waals surface area (Å²) in [6.45, 7) is 6.60. The van der Waals surface area contributed by atoms with Gasteiger partial charge in [-0.3, -0.25) is 0 Å². The van der Waals surface area contributed by atoms with Crippen molar-refractivity contribution in [3.8, 4) is 0 Å². The van der Waals surface area contributed by atoms with E-state index in [1.54, 1.807) is 11.1 Å². The SMILES string of the molecule is CC(C)(C)OC(=O)/C=C/c1ncc2c(n1)CCN(C(=O)OCc1ccccc1)C2. The first-order chi connectivity index (χ1) is 13.8. The predicted molar refractivity (Wildman–Crippen MR) is 108 cm³/mol. The zero-order chi connectivity index (χ0) is 20.9. The van der Waals surface area contributed by atoms with E-state index in [4.69, 9.17) is 9.47 Å². The maximum Gasteiger partial charge on any atom is 0.410 e. The first-order valence-electron chi connectivity index (χ1n) is 9.52. The molecule has 152 valence electrons. The summed E-state index contributed by atoms with van der Waals surface area (Å²) in [4.78, 5) is 34.5. The summed E-state index contributed by atoms with van der Waals surface area (Å²) >= 11 is 0. The molecule has 7 nitrogen and oxygen atoms in total. The number of ether oxygens (including phenoxy) is 2. The van der Waals surface area contributed by atoms with Gasteiger partial charge in [-0.25, -0.2) is 19.6 Å². The molecule has 0 aliphatic carbocycles. The number of nitrogens with zero attached hydrogens (tertiary/aromatic N) is 3. The van der Waals surface area contributed by atoms with E-state index in [-0.39, 0.29) is 12.7 Å². The number of esters is 1. The van der Waals surface area contributed by atoms with Gasteiger partial charge in [-0.1, -0.05) is 30.3 Å². The Labute approximate surface area is 170 Å². The fraction of sp³-hybridized carbons (Fsp3) is 0.364. The van der Waals surface area contributed by atoms with E-state index in [1.165, 1.54) is 12.2 Å². The maximum atomic E-state index is 12.3. The van der Waals surface area contributed by atoms with Gasteiger partial charge in [0.05, 0.1) is 12.2 Å². The van der Waals surface area contributed by atoms with Crippen LogP contribution >= 0.6 is 0 Å². The van der Waals surface area contributed by atoms with Crippen molar-refractivity contribution >= 4 is 18.1 Å². The Balaban J connectivity index is 1.57. The van der Waals surface area contributed by atoms with Crippen LogP contribution in [-0.4, -0.2) is 39.1 Å². The van der Waals surface area contributed by atoms with Crippen molar-refractivity contribution in [3.63, 3.8) is 0 Å². The number of aromatic nitrogens is 2. The number of amides is 1. The van der Waals surface area contributed by atoms with Crippen molar-refractivity contribution in [3.05, 3.63) is 65.2 Å². The molecule has 1 aromatic heterocycles. The van der Waals surface area contributed by atoms with Gasteiger partial charge in [-0.05, 0) is 32.4 Å². The quantitative estimate of drug-likeness (QED) is 0.582. The third-order valence-corrected chi connectivity index (χ3v) is 4.19. The van der Waals surface area contributed by atoms with Crippen LogP contribution in [0.5, 0.6) is 0 Å². The average Bonchev–Trinajstić information content (AvgIpc) is 2.69. The lowest BCUT2D eigenvalue weighted by Gasteiger charge is -2.27. The Morgan fingerprint density at radius 2 is 1.97 bits per heavy atom. The molecule has 7 heteroatoms. The van der Waals surface area contributed by atoms with Gasteiger partial charge in [-0.15, -0.1) is 0 Å². The zero-order valence-corrected chi connectivity index (χ0v) is 16.9. The Morgan fingerprint density at radius 1 is 1.21 bits per heavy atom. The molecule has 0 atom stereocenters. The van der Waals surface area contributed by atoms with Crippen molar-refractivity contribution in [2.45, 2.75) is 45.9 Å². The largest absolute Gasteiger partial charge is 0.457 e. The Kier molecular flexibility index (Phi) is 6.26. The van der Waals surface area contributed by atoms with E-state index in [2.05, 4.69) is 9.97 Å². The first kappa shape index (κ1) is 20.5. The predicted octanol–water partition coefficient (Wildman–Crippen LogP) is 3.53. The normalized spacial score (nSPS) is 13.8. The Morgan fingerprint density at radius 3 is 2.69 bits per heavy atom. The van der Waals surface area contributed by atoms with Crippen LogP contribution in [-0.2, 0) is 33.8 Å². The summed E-state index contributed by atoms with van der Waals surface area (Å²) in [7, 11) is 0. The highest BCUT2D eigenvalue weighted by molar-refractivity contribution is 5.86. The first-order valence-corrected chi connectivity index (χ1v) is 9.52. The number of rotatable bonds is 4. The molecule has 0 unspecified atom stereocenters. The molecule has 3 rings (SSSR count). The molecule has 1 aromatic carbocycles. The van der Waals surface area contributed by atoms with Gasteiger partial charge in [0.25, 0.3) is 0 Å². The Bertz CT molecular complexity index is 904. The molecule has 0 bridgehead atoms. The molecule has 1 amide bonds. The molecule has 29 heavy (non-hydrogen) atoms. The van der Waals surface area contributed by atoms with Gasteiger partial charge >= 0.3 is 12.1 Å². The van der Waals surface area contributed by atoms with Crippen LogP contribution in [0.3, 0.4) is 0 Å². The van der Waals surface area contributed by atoms with Gasteiger partial charge in [0.15, 0.2) is 5.82 Å². The third-order valence-electron chi connectivity index (χ3n) is 4.19. The second kappa shape index (κ2) is 8.86. The highest BCUT2D eigenvalue weighted by atomic mass is 16.6. The Hall–Kier alpha value is -3.22. The monoisotopic (exact) mass is 395 g/mol. The van der Waals surface area contributed by atoms with Gasteiger partial charge < -0.3 is 14.4 Å². The smallest absolute Gasteiger partial charge is 0.410 e. The van der Waals surface area contributed by atoms with E-state index in [0.29, 0.717) is 25.3 Å². The molecular weight excluding hydrogens is 370 g/mol. The molecule has 1 aliphatic heterocycles. The summed E-state index contributed by atoms with van der Waals surface area (Å²) in [5.41, 5.74) is 2.15. The lowest BCUT2D eigenvalue weighted by Crippen LogP contribution is -2.36. The average molecular weight is 395 g/mol. The van der Waals surface area contributed by atoms with Crippen LogP contribution in [0.2, 0.25) is 0 Å². The molecule has 0 saturated heterocycles. The second-order valence-corrected chi connectivity index (χ2v) is 7.78. The molecule has 0 radical (unpaired) electrons. The summed E-state index contributed by atoms with van der Waals surface area (Å²) < 4.78 is 10.6. The van der Waals surface area contributed by atoms with E-state index in [1.807, 2.05) is 51.1 Å². The molecule has 0 spiro atoms. The van der Waals surface area contributed by atoms with Crippen molar-refractivity contribution in [1.82, 2.24) is 14.9 Å². The lowest BCUT2D eigenvalue weighted by atomic mass is 10.1. The molecule has 1 aliphatic rings. The van der Waals surface area contributed by atoms with Crippen molar-refractivity contribution < 1.29 is 19.1 Å². The molecule has 0 saturated carbocycles. The number of hydrogen-bond acceptors (Lipinski definition) is 6. The topological polar surface area (TPSA) is 81.6 Å². The molecule has 2 aromatic rings. The summed E-state index contributed by atoms with van der Waals surface area (Å²) in [6.07, 6.45) is 4.80. The summed E-state index contributed by atoms with van der Waals surface area (Å²) in [5.74, 6) is 0.000806. The maximum absolute atomic E-state index is 12.3. The van der Waals surface area contributed by atoms with E-state index in [0.717, 1.165) is 16.8 Å².